The van der Waals surface area contributed by atoms with Crippen molar-refractivity contribution in [3.05, 3.63) is 413 Å². The van der Waals surface area contributed by atoms with Crippen molar-refractivity contribution in [1.29, 1.82) is 0 Å². The second-order valence-corrected chi connectivity index (χ2v) is 30.7. The van der Waals surface area contributed by atoms with Crippen LogP contribution in [0.2, 0.25) is 0 Å². The molecule has 6 nitrogen and oxygen atoms in total. The molecule has 0 saturated heterocycles. The monoisotopic (exact) mass is 1470 g/mol. The molecule has 23 aromatic rings. The number of benzene rings is 18. The van der Waals surface area contributed by atoms with Gasteiger partial charge < -0.3 is 18.3 Å². The molecule has 0 radical (unpaired) electrons. The highest BCUT2D eigenvalue weighted by Crippen LogP contribution is 2.53. The first-order chi connectivity index (χ1) is 57.5. The first-order valence-corrected chi connectivity index (χ1v) is 39.8. The van der Waals surface area contributed by atoms with Gasteiger partial charge in [-0.3, -0.25) is 0 Å². The Labute approximate surface area is 668 Å². The molecule has 0 N–H and O–H groups in total. The summed E-state index contributed by atoms with van der Waals surface area (Å²) in [5.41, 5.74) is 34.7. The molecule has 18 aromatic carbocycles. The first kappa shape index (κ1) is 65.2. The molecule has 0 unspecified atom stereocenters. The summed E-state index contributed by atoms with van der Waals surface area (Å²) >= 11 is 0. The molecule has 5 aromatic heterocycles. The van der Waals surface area contributed by atoms with Gasteiger partial charge in [0.15, 0.2) is 5.82 Å². The second kappa shape index (κ2) is 26.1. The van der Waals surface area contributed by atoms with Gasteiger partial charge in [0.25, 0.3) is 0 Å². The highest BCUT2D eigenvalue weighted by atomic mass is 15.0. The van der Waals surface area contributed by atoms with Gasteiger partial charge in [0, 0.05) is 93.2 Å². The summed E-state index contributed by atoms with van der Waals surface area (Å²) in [6.45, 7) is 0. The van der Waals surface area contributed by atoms with Crippen LogP contribution in [0.1, 0.15) is 0 Å². The lowest BCUT2D eigenvalue weighted by atomic mass is 9.98. The molecule has 0 fully saturated rings. The summed E-state index contributed by atoms with van der Waals surface area (Å²) in [5, 5.41) is 11.9. The number of fused-ring (bicyclic) bond motifs is 15. The Morgan fingerprint density at radius 2 is 0.448 bits per heavy atom. The van der Waals surface area contributed by atoms with E-state index in [1.165, 1.54) is 110 Å². The maximum absolute atomic E-state index is 5.73. The molecule has 0 bridgehead atoms. The van der Waals surface area contributed by atoms with Gasteiger partial charge >= 0.3 is 0 Å². The summed E-state index contributed by atoms with van der Waals surface area (Å²) < 4.78 is 9.78. The zero-order chi connectivity index (χ0) is 76.1. The van der Waals surface area contributed by atoms with Crippen LogP contribution in [0.5, 0.6) is 0 Å². The Bertz CT molecular complexity index is 7950. The van der Waals surface area contributed by atoms with Crippen LogP contribution in [0.15, 0.2) is 413 Å². The van der Waals surface area contributed by atoms with E-state index < -0.39 is 0 Å². The Hall–Kier alpha value is -15.5. The number of nitrogens with zero attached hydrogens (tertiary/aromatic N) is 6. The molecule has 0 atom stereocenters. The summed E-state index contributed by atoms with van der Waals surface area (Å²) in [6, 6.07) is 152. The predicted molar refractivity (Wildman–Crippen MR) is 485 cm³/mol. The average Bonchev–Trinajstić information content (AvgIpc) is 1.56. The topological polar surface area (TPSA) is 45.5 Å². The van der Waals surface area contributed by atoms with Gasteiger partial charge in [0.2, 0.25) is 0 Å². The SMILES string of the molecule is c1ccc(-c2ccc3c(c2)c2cc(-c4ccc5c(c4)c4cc(-c6ccccc6)ccc4n5-c4cccc(-c5nc(-c6ccccc6)nc6c5-c5ccc(-n7c8ccc(-c9ccccc9)cc8c8cc(-c9ccc%10c(c9)c9cc(-c%11ccccc%11)ccc9n%10-c9ccccc9)ccc87)c7cccc-6c57)c4)ccc2n3-c2ccccc2)cc1. The van der Waals surface area contributed by atoms with E-state index in [0.717, 1.165) is 117 Å². The van der Waals surface area contributed by atoms with Gasteiger partial charge in [-0.25, -0.2) is 9.97 Å². The minimum absolute atomic E-state index is 0.678. The number of rotatable bonds is 12. The zero-order valence-corrected chi connectivity index (χ0v) is 62.9. The maximum atomic E-state index is 5.73. The molecule has 1 aliphatic rings. The molecule has 1 aliphatic carbocycles. The molecule has 5 heterocycles. The van der Waals surface area contributed by atoms with Crippen molar-refractivity contribution >= 4 is 98.0 Å². The summed E-state index contributed by atoms with van der Waals surface area (Å²) in [5.74, 6) is 0.678. The third-order valence-corrected chi connectivity index (χ3v) is 24.3. The Kier molecular flexibility index (Phi) is 14.7. The molecule has 0 aliphatic heterocycles. The minimum atomic E-state index is 0.678. The number of hydrogen-bond acceptors (Lipinski definition) is 2. The largest absolute Gasteiger partial charge is 0.309 e. The fraction of sp³-hybridized carbons (Fsp3) is 0. The lowest BCUT2D eigenvalue weighted by Gasteiger charge is -2.15. The van der Waals surface area contributed by atoms with Crippen LogP contribution in [0.25, 0.3) is 233 Å². The zero-order valence-electron chi connectivity index (χ0n) is 62.9. The normalized spacial score (nSPS) is 12.0. The van der Waals surface area contributed by atoms with E-state index >= 15 is 0 Å². The van der Waals surface area contributed by atoms with Crippen molar-refractivity contribution in [2.75, 3.05) is 0 Å². The summed E-state index contributed by atoms with van der Waals surface area (Å²) in [7, 11) is 0. The van der Waals surface area contributed by atoms with Crippen molar-refractivity contribution in [2.45, 2.75) is 0 Å². The van der Waals surface area contributed by atoms with Gasteiger partial charge in [-0.15, -0.1) is 0 Å². The Morgan fingerprint density at radius 1 is 0.164 bits per heavy atom. The molecular weight excluding hydrogens is 1410 g/mol. The van der Waals surface area contributed by atoms with Crippen LogP contribution in [-0.2, 0) is 0 Å². The van der Waals surface area contributed by atoms with Crippen LogP contribution >= 0.6 is 0 Å². The molecule has 0 saturated carbocycles. The van der Waals surface area contributed by atoms with Gasteiger partial charge in [-0.1, -0.05) is 273 Å². The Balaban J connectivity index is 0.660. The molecule has 6 heteroatoms. The molecule has 0 amide bonds. The average molecular weight is 1470 g/mol. The molecule has 538 valence electrons. The summed E-state index contributed by atoms with van der Waals surface area (Å²) in [4.78, 5) is 11.4. The van der Waals surface area contributed by atoms with E-state index in [1.54, 1.807) is 0 Å². The van der Waals surface area contributed by atoms with Crippen molar-refractivity contribution < 1.29 is 0 Å². The van der Waals surface area contributed by atoms with Crippen molar-refractivity contribution in [1.82, 2.24) is 28.2 Å². The predicted octanol–water partition coefficient (Wildman–Crippen LogP) is 29.0. The number of para-hydroxylation sites is 2. The fourth-order valence-corrected chi connectivity index (χ4v) is 18.9. The molecule has 116 heavy (non-hydrogen) atoms. The first-order valence-electron chi connectivity index (χ1n) is 39.8. The van der Waals surface area contributed by atoms with Crippen molar-refractivity contribution in [3.63, 3.8) is 0 Å². The maximum Gasteiger partial charge on any atom is 0.160 e. The number of aromatic nitrogens is 6. The van der Waals surface area contributed by atoms with E-state index in [-0.39, 0.29) is 0 Å². The number of hydrogen-bond donors (Lipinski definition) is 0. The van der Waals surface area contributed by atoms with Crippen LogP contribution in [0.3, 0.4) is 0 Å². The van der Waals surface area contributed by atoms with E-state index in [9.17, 15) is 0 Å². The molecule has 24 rings (SSSR count). The van der Waals surface area contributed by atoms with Crippen LogP contribution in [0, 0.1) is 0 Å². The van der Waals surface area contributed by atoms with E-state index in [2.05, 4.69) is 431 Å². The van der Waals surface area contributed by atoms with Crippen molar-refractivity contribution in [3.8, 4) is 135 Å². The van der Waals surface area contributed by atoms with Gasteiger partial charge in [-0.2, -0.15) is 0 Å². The van der Waals surface area contributed by atoms with Gasteiger partial charge in [0.1, 0.15) is 0 Å². The molecular formula is C110H68N6. The van der Waals surface area contributed by atoms with Crippen LogP contribution in [-0.4, -0.2) is 28.2 Å². The smallest absolute Gasteiger partial charge is 0.160 e. The quantitative estimate of drug-likeness (QED) is 0.122. The van der Waals surface area contributed by atoms with Gasteiger partial charge in [-0.05, 0) is 212 Å². The highest BCUT2D eigenvalue weighted by Gasteiger charge is 2.31. The van der Waals surface area contributed by atoms with E-state index in [1.807, 2.05) is 0 Å². The third-order valence-electron chi connectivity index (χ3n) is 24.3. The standard InChI is InChI=1S/C110H68N6/c1-8-24-69(25-9-1)74-42-51-98-89(61-74)92-65-78(46-54-100(92)113(98)83-35-18-6-19-36-83)80-48-56-103-94(67-80)91-63-76(71-28-12-3-13-29-71)44-53-102(91)115(103)85-39-22-34-82(60-85)108-107-87-50-59-97(86-40-23-41-88(106(86)87)109(107)112-110(111-108)73-32-16-5-17-33-73)116-104-57-45-77(72-30-14-4-15-31-72)64-95(104)96-68-81(49-58-105(96)116)79-47-55-101-93(66-79)90-62-75(70-26-10-2-11-27-70)43-52-99(90)114(101)84-37-20-7-21-38-84/h1-68H. The Morgan fingerprint density at radius 3 is 0.810 bits per heavy atom. The van der Waals surface area contributed by atoms with Crippen molar-refractivity contribution in [2.24, 2.45) is 0 Å². The minimum Gasteiger partial charge on any atom is -0.309 e. The van der Waals surface area contributed by atoms with Gasteiger partial charge in [0.05, 0.1) is 61.2 Å². The van der Waals surface area contributed by atoms with E-state index in [0.29, 0.717) is 5.82 Å². The third kappa shape index (κ3) is 10.3. The van der Waals surface area contributed by atoms with Crippen LogP contribution < -0.4 is 0 Å². The van der Waals surface area contributed by atoms with Crippen LogP contribution in [0.4, 0.5) is 0 Å². The lowest BCUT2D eigenvalue weighted by Crippen LogP contribution is -1.99. The lowest BCUT2D eigenvalue weighted by molar-refractivity contribution is 1.17. The fourth-order valence-electron chi connectivity index (χ4n) is 18.9. The molecule has 0 spiro atoms. The second-order valence-electron chi connectivity index (χ2n) is 30.7. The van der Waals surface area contributed by atoms with E-state index in [4.69, 9.17) is 9.97 Å². The summed E-state index contributed by atoms with van der Waals surface area (Å²) in [6.07, 6.45) is 0. The highest BCUT2D eigenvalue weighted by molar-refractivity contribution is 6.22.